The molecular formula is C23H29FN4O4. The zero-order chi connectivity index (χ0) is 23.7. The van der Waals surface area contributed by atoms with Gasteiger partial charge in [0.25, 0.3) is 5.91 Å². The van der Waals surface area contributed by atoms with Crippen LogP contribution in [0.5, 0.6) is 0 Å². The fourth-order valence-corrected chi connectivity index (χ4v) is 2.71. The highest BCUT2D eigenvalue weighted by Gasteiger charge is 2.34. The molecule has 1 aromatic carbocycles. The summed E-state index contributed by atoms with van der Waals surface area (Å²) >= 11 is 0. The quantitative estimate of drug-likeness (QED) is 0.637. The molecule has 1 saturated heterocycles. The molecule has 0 aliphatic carbocycles. The molecule has 4 rings (SSSR count). The highest BCUT2D eigenvalue weighted by molar-refractivity contribution is 5.97. The summed E-state index contributed by atoms with van der Waals surface area (Å²) < 4.78 is 22.6. The summed E-state index contributed by atoms with van der Waals surface area (Å²) in [7, 11) is 0. The first-order chi connectivity index (χ1) is 15.2. The molecule has 1 aliphatic rings. The highest BCUT2D eigenvalue weighted by Crippen LogP contribution is 2.22. The number of amides is 2. The van der Waals surface area contributed by atoms with Gasteiger partial charge in [0.15, 0.2) is 17.8 Å². The lowest BCUT2D eigenvalue weighted by atomic mass is 10.1. The van der Waals surface area contributed by atoms with Crippen molar-refractivity contribution in [2.75, 3.05) is 6.54 Å². The smallest absolute Gasteiger partial charge is 0.276 e. The lowest BCUT2D eigenvalue weighted by molar-refractivity contribution is -0.128. The largest absolute Gasteiger partial charge is 0.452 e. The van der Waals surface area contributed by atoms with E-state index in [0.717, 1.165) is 5.92 Å². The standard InChI is InChI=1S/C16H16FN3O3.C4H10.C3H3NO/c1-9-8-20(10(2)15(21)18-9)16(22)13-7-14(23-19-13)11-3-5-12(17)6-4-11;1-4(2)3;1-2-5-3-4-1/h3-7,9-10H,8H2,1-2H3,(H,18,21);4H,1-3H3;1-3H. The van der Waals surface area contributed by atoms with E-state index < -0.39 is 6.04 Å². The molecule has 32 heavy (non-hydrogen) atoms. The Bertz CT molecular complexity index is 950. The number of piperazine rings is 1. The van der Waals surface area contributed by atoms with E-state index in [9.17, 15) is 14.0 Å². The van der Waals surface area contributed by atoms with Crippen LogP contribution in [0, 0.1) is 11.7 Å². The van der Waals surface area contributed by atoms with E-state index >= 15 is 0 Å². The number of carbonyl (C=O) groups is 2. The van der Waals surface area contributed by atoms with Crippen molar-refractivity contribution in [1.29, 1.82) is 0 Å². The summed E-state index contributed by atoms with van der Waals surface area (Å²) in [6.45, 7) is 10.4. The average Bonchev–Trinajstić information content (AvgIpc) is 3.45. The molecule has 2 unspecified atom stereocenters. The number of aromatic nitrogens is 2. The Morgan fingerprint density at radius 3 is 2.41 bits per heavy atom. The molecule has 0 radical (unpaired) electrons. The summed E-state index contributed by atoms with van der Waals surface area (Å²) in [6, 6.07) is 6.51. The molecule has 1 aliphatic heterocycles. The van der Waals surface area contributed by atoms with Crippen LogP contribution in [-0.2, 0) is 4.79 Å². The minimum Gasteiger partial charge on any atom is -0.452 e. The van der Waals surface area contributed by atoms with Gasteiger partial charge in [0.05, 0.1) is 6.20 Å². The SMILES string of the molecule is CC(C)C.CC1CN(C(=O)c2cc(-c3ccc(F)cc3)on2)C(C)C(=O)N1.c1cocn1. The van der Waals surface area contributed by atoms with Crippen molar-refractivity contribution in [3.8, 4) is 11.3 Å². The van der Waals surface area contributed by atoms with E-state index in [1.165, 1.54) is 35.8 Å². The Kier molecular flexibility index (Phi) is 9.12. The molecule has 2 atom stereocenters. The van der Waals surface area contributed by atoms with Gasteiger partial charge in [-0.1, -0.05) is 25.9 Å². The fraction of sp³-hybridized carbons (Fsp3) is 0.391. The second-order valence-corrected chi connectivity index (χ2v) is 8.03. The topological polar surface area (TPSA) is 101 Å². The van der Waals surface area contributed by atoms with E-state index in [4.69, 9.17) is 4.52 Å². The maximum atomic E-state index is 13.0. The van der Waals surface area contributed by atoms with E-state index in [0.29, 0.717) is 17.9 Å². The summed E-state index contributed by atoms with van der Waals surface area (Å²) in [6.07, 6.45) is 4.47. The van der Waals surface area contributed by atoms with Crippen LogP contribution in [-0.4, -0.2) is 45.5 Å². The maximum absolute atomic E-state index is 13.0. The predicted octanol–water partition coefficient (Wildman–Crippen LogP) is 4.17. The second-order valence-electron chi connectivity index (χ2n) is 8.03. The third-order valence-electron chi connectivity index (χ3n) is 4.17. The molecule has 2 amide bonds. The number of carbonyl (C=O) groups excluding carboxylic acids is 2. The van der Waals surface area contributed by atoms with Crippen LogP contribution in [0.2, 0.25) is 0 Å². The van der Waals surface area contributed by atoms with Crippen molar-refractivity contribution < 1.29 is 22.9 Å². The van der Waals surface area contributed by atoms with Gasteiger partial charge in [-0.2, -0.15) is 0 Å². The monoisotopic (exact) mass is 444 g/mol. The van der Waals surface area contributed by atoms with Crippen molar-refractivity contribution >= 4 is 11.8 Å². The normalized spacial score (nSPS) is 17.6. The number of rotatable bonds is 2. The van der Waals surface area contributed by atoms with E-state index in [1.807, 2.05) is 6.92 Å². The molecule has 9 heteroatoms. The number of halogens is 1. The Morgan fingerprint density at radius 1 is 1.22 bits per heavy atom. The molecule has 1 fully saturated rings. The fourth-order valence-electron chi connectivity index (χ4n) is 2.71. The third-order valence-corrected chi connectivity index (χ3v) is 4.17. The molecule has 172 valence electrons. The third kappa shape index (κ3) is 7.33. The van der Waals surface area contributed by atoms with Crippen LogP contribution < -0.4 is 5.32 Å². The minimum absolute atomic E-state index is 0.119. The zero-order valence-corrected chi connectivity index (χ0v) is 18.9. The van der Waals surface area contributed by atoms with Gasteiger partial charge in [-0.25, -0.2) is 9.37 Å². The highest BCUT2D eigenvalue weighted by atomic mass is 19.1. The van der Waals surface area contributed by atoms with Gasteiger partial charge < -0.3 is 19.2 Å². The van der Waals surface area contributed by atoms with E-state index in [-0.39, 0.29) is 29.4 Å². The van der Waals surface area contributed by atoms with Crippen LogP contribution in [0.4, 0.5) is 4.39 Å². The minimum atomic E-state index is -0.565. The summed E-state index contributed by atoms with van der Waals surface area (Å²) in [4.78, 5) is 29.4. The van der Waals surface area contributed by atoms with Crippen LogP contribution >= 0.6 is 0 Å². The summed E-state index contributed by atoms with van der Waals surface area (Å²) in [5.41, 5.74) is 0.744. The van der Waals surface area contributed by atoms with Gasteiger partial charge in [-0.05, 0) is 44.0 Å². The predicted molar refractivity (Wildman–Crippen MR) is 117 cm³/mol. The Morgan fingerprint density at radius 2 is 1.88 bits per heavy atom. The van der Waals surface area contributed by atoms with Crippen LogP contribution in [0.25, 0.3) is 11.3 Å². The molecule has 2 aromatic heterocycles. The first kappa shape index (κ1) is 24.8. The molecule has 0 saturated carbocycles. The van der Waals surface area contributed by atoms with Crippen LogP contribution in [0.3, 0.4) is 0 Å². The van der Waals surface area contributed by atoms with Gasteiger partial charge >= 0.3 is 0 Å². The molecule has 3 heterocycles. The van der Waals surface area contributed by atoms with Gasteiger partial charge in [0, 0.05) is 24.2 Å². The molecule has 0 spiro atoms. The number of benzene rings is 1. The second kappa shape index (κ2) is 11.8. The van der Waals surface area contributed by atoms with Gasteiger partial charge in [0.2, 0.25) is 5.91 Å². The molecular weight excluding hydrogens is 415 g/mol. The molecule has 3 aromatic rings. The Balaban J connectivity index is 0.000000338. The lowest BCUT2D eigenvalue weighted by Crippen LogP contribution is -2.59. The number of oxazole rings is 1. The first-order valence-electron chi connectivity index (χ1n) is 10.3. The van der Waals surface area contributed by atoms with Gasteiger partial charge in [-0.3, -0.25) is 9.59 Å². The van der Waals surface area contributed by atoms with Crippen LogP contribution in [0.15, 0.2) is 58.1 Å². The van der Waals surface area contributed by atoms with Crippen molar-refractivity contribution in [2.45, 2.75) is 46.7 Å². The summed E-state index contributed by atoms with van der Waals surface area (Å²) in [5.74, 6) is 0.290. The van der Waals surface area contributed by atoms with Gasteiger partial charge in [-0.15, -0.1) is 0 Å². The number of nitrogens with one attached hydrogen (secondary N) is 1. The molecule has 8 nitrogen and oxygen atoms in total. The Labute approximate surface area is 186 Å². The lowest BCUT2D eigenvalue weighted by Gasteiger charge is -2.35. The van der Waals surface area contributed by atoms with Crippen molar-refractivity contribution in [3.05, 3.63) is 60.7 Å². The zero-order valence-electron chi connectivity index (χ0n) is 18.9. The molecule has 0 bridgehead atoms. The van der Waals surface area contributed by atoms with Crippen molar-refractivity contribution in [2.24, 2.45) is 5.92 Å². The summed E-state index contributed by atoms with van der Waals surface area (Å²) in [5, 5.41) is 6.57. The number of hydrogen-bond donors (Lipinski definition) is 1. The molecule has 1 N–H and O–H groups in total. The average molecular weight is 445 g/mol. The maximum Gasteiger partial charge on any atom is 0.276 e. The number of nitrogens with zero attached hydrogens (tertiary/aromatic N) is 3. The van der Waals surface area contributed by atoms with E-state index in [2.05, 4.69) is 40.6 Å². The first-order valence-corrected chi connectivity index (χ1v) is 10.3. The Hall–Kier alpha value is -3.49. The van der Waals surface area contributed by atoms with Gasteiger partial charge in [0.1, 0.15) is 18.1 Å². The van der Waals surface area contributed by atoms with Crippen LogP contribution in [0.1, 0.15) is 45.1 Å². The van der Waals surface area contributed by atoms with Crippen molar-refractivity contribution in [1.82, 2.24) is 20.4 Å². The van der Waals surface area contributed by atoms with E-state index in [1.54, 1.807) is 25.3 Å². The number of hydrogen-bond acceptors (Lipinski definition) is 6. The van der Waals surface area contributed by atoms with Crippen molar-refractivity contribution in [3.63, 3.8) is 0 Å².